The van der Waals surface area contributed by atoms with Crippen molar-refractivity contribution in [1.82, 2.24) is 0 Å². The molecule has 33 heavy (non-hydrogen) atoms. The minimum absolute atomic E-state index is 0.0155. The van der Waals surface area contributed by atoms with Gasteiger partial charge in [-0.25, -0.2) is 4.39 Å². The lowest BCUT2D eigenvalue weighted by atomic mass is 9.80. The van der Waals surface area contributed by atoms with Crippen molar-refractivity contribution in [1.29, 1.82) is 0 Å². The monoisotopic (exact) mass is 462 g/mol. The molecule has 0 radical (unpaired) electrons. The first kappa shape index (κ1) is 27.7. The van der Waals surface area contributed by atoms with E-state index in [1.807, 2.05) is 0 Å². The molecule has 0 heterocycles. The Kier molecular flexibility index (Phi) is 14.2. The van der Waals surface area contributed by atoms with Gasteiger partial charge in [0.05, 0.1) is 5.92 Å². The van der Waals surface area contributed by atoms with E-state index in [2.05, 4.69) is 13.8 Å². The van der Waals surface area contributed by atoms with Crippen LogP contribution in [0.15, 0.2) is 24.3 Å². The van der Waals surface area contributed by atoms with Crippen LogP contribution in [0.3, 0.4) is 0 Å². The van der Waals surface area contributed by atoms with Crippen LogP contribution in [0.5, 0.6) is 11.5 Å². The summed E-state index contributed by atoms with van der Waals surface area (Å²) >= 11 is 0. The van der Waals surface area contributed by atoms with E-state index in [1.54, 1.807) is 24.3 Å². The Morgan fingerprint density at radius 2 is 1.42 bits per heavy atom. The van der Waals surface area contributed by atoms with E-state index in [0.717, 1.165) is 57.3 Å². The summed E-state index contributed by atoms with van der Waals surface area (Å²) in [7, 11) is 0. The predicted octanol–water partition coefficient (Wildman–Crippen LogP) is 8.84. The number of carbonyl (C=O) groups is 1. The summed E-state index contributed by atoms with van der Waals surface area (Å²) in [6.07, 6.45) is 17.5. The summed E-state index contributed by atoms with van der Waals surface area (Å²) in [5, 5.41) is 0. The van der Waals surface area contributed by atoms with Gasteiger partial charge in [-0.15, -0.1) is 0 Å². The fraction of sp³-hybridized carbons (Fsp3) is 0.759. The van der Waals surface area contributed by atoms with Crippen LogP contribution < -0.4 is 9.47 Å². The van der Waals surface area contributed by atoms with Gasteiger partial charge in [0.2, 0.25) is 0 Å². The maximum Gasteiger partial charge on any atom is 0.314 e. The Morgan fingerprint density at radius 3 is 2.09 bits per heavy atom. The molecule has 1 atom stereocenters. The minimum atomic E-state index is -0.935. The molecule has 3 nitrogen and oxygen atoms in total. The number of ether oxygens (including phenoxy) is 2. The molecule has 1 aromatic carbocycles. The largest absolute Gasteiger partial charge is 0.491 e. The van der Waals surface area contributed by atoms with E-state index in [0.29, 0.717) is 17.9 Å². The molecule has 0 saturated heterocycles. The normalized spacial score (nSPS) is 19.2. The van der Waals surface area contributed by atoms with Crippen LogP contribution in [0.4, 0.5) is 4.39 Å². The standard InChI is InChI=1S/C29H47FO3/c1-3-5-7-9-10-11-13-24-15-17-25(18-16-24)29(31)33-28-21-19-27(20-22-28)32-23-26(30)14-12-8-6-4-2/h19-22,24-26H,3-18,23H2,1-2H3. The Morgan fingerprint density at radius 1 is 0.848 bits per heavy atom. The molecule has 1 aromatic rings. The quantitative estimate of drug-likeness (QED) is 0.132. The number of hydrogen-bond donors (Lipinski definition) is 0. The Hall–Kier alpha value is -1.58. The molecule has 0 N–H and O–H groups in total. The topological polar surface area (TPSA) is 35.5 Å². The third kappa shape index (κ3) is 11.9. The summed E-state index contributed by atoms with van der Waals surface area (Å²) in [4.78, 5) is 12.6. The maximum absolute atomic E-state index is 13.9. The molecule has 0 aliphatic heterocycles. The molecule has 1 aliphatic rings. The second kappa shape index (κ2) is 16.9. The van der Waals surface area contributed by atoms with Crippen molar-refractivity contribution in [3.63, 3.8) is 0 Å². The highest BCUT2D eigenvalue weighted by atomic mass is 19.1. The van der Waals surface area contributed by atoms with E-state index in [1.165, 1.54) is 44.9 Å². The molecule has 4 heteroatoms. The van der Waals surface area contributed by atoms with Gasteiger partial charge in [-0.1, -0.05) is 84.5 Å². The van der Waals surface area contributed by atoms with Crippen LogP contribution in [0.1, 0.15) is 117 Å². The number of unbranched alkanes of at least 4 members (excludes halogenated alkanes) is 8. The maximum atomic E-state index is 13.9. The molecule has 1 saturated carbocycles. The molecule has 0 spiro atoms. The van der Waals surface area contributed by atoms with Crippen molar-refractivity contribution in [3.05, 3.63) is 24.3 Å². The fourth-order valence-corrected chi connectivity index (χ4v) is 4.77. The molecule has 188 valence electrons. The van der Waals surface area contributed by atoms with Gasteiger partial charge in [0.1, 0.15) is 24.3 Å². The van der Waals surface area contributed by atoms with E-state index in [4.69, 9.17) is 9.47 Å². The van der Waals surface area contributed by atoms with Gasteiger partial charge in [0.25, 0.3) is 0 Å². The van der Waals surface area contributed by atoms with E-state index >= 15 is 0 Å². The third-order valence-corrected chi connectivity index (χ3v) is 6.99. The van der Waals surface area contributed by atoms with Crippen molar-refractivity contribution >= 4 is 5.97 Å². The highest BCUT2D eigenvalue weighted by Crippen LogP contribution is 2.33. The predicted molar refractivity (Wildman–Crippen MR) is 135 cm³/mol. The first-order chi connectivity index (χ1) is 16.1. The van der Waals surface area contributed by atoms with Crippen LogP contribution in [-0.4, -0.2) is 18.7 Å². The van der Waals surface area contributed by atoms with Crippen molar-refractivity contribution in [2.45, 2.75) is 123 Å². The van der Waals surface area contributed by atoms with Crippen molar-refractivity contribution in [3.8, 4) is 11.5 Å². The summed E-state index contributed by atoms with van der Waals surface area (Å²) in [5.74, 6) is 1.83. The third-order valence-electron chi connectivity index (χ3n) is 6.99. The number of esters is 1. The summed E-state index contributed by atoms with van der Waals surface area (Å²) in [6, 6.07) is 6.99. The van der Waals surface area contributed by atoms with Crippen LogP contribution in [0, 0.1) is 11.8 Å². The zero-order valence-corrected chi connectivity index (χ0v) is 21.2. The SMILES string of the molecule is CCCCCCCCC1CCC(C(=O)Oc2ccc(OCC(F)CCCCCC)cc2)CC1. The average molecular weight is 463 g/mol. The molecule has 1 unspecified atom stereocenters. The molecular weight excluding hydrogens is 415 g/mol. The van der Waals surface area contributed by atoms with E-state index < -0.39 is 6.17 Å². The number of benzene rings is 1. The first-order valence-corrected chi connectivity index (χ1v) is 13.7. The molecule has 0 amide bonds. The molecule has 0 aromatic heterocycles. The Labute approximate surface area is 201 Å². The molecule has 0 bridgehead atoms. The van der Waals surface area contributed by atoms with Gasteiger partial charge in [-0.05, 0) is 62.3 Å². The van der Waals surface area contributed by atoms with Crippen molar-refractivity contribution in [2.24, 2.45) is 11.8 Å². The number of carbonyl (C=O) groups excluding carboxylic acids is 1. The van der Waals surface area contributed by atoms with Crippen LogP contribution in [0.25, 0.3) is 0 Å². The highest BCUT2D eigenvalue weighted by Gasteiger charge is 2.27. The number of halogens is 1. The van der Waals surface area contributed by atoms with Crippen molar-refractivity contribution < 1.29 is 18.7 Å². The Bertz CT molecular complexity index is 622. The zero-order chi connectivity index (χ0) is 23.7. The Balaban J connectivity index is 1.60. The highest BCUT2D eigenvalue weighted by molar-refractivity contribution is 5.75. The second-order valence-corrected chi connectivity index (χ2v) is 9.92. The van der Waals surface area contributed by atoms with Crippen molar-refractivity contribution in [2.75, 3.05) is 6.61 Å². The first-order valence-electron chi connectivity index (χ1n) is 13.7. The number of rotatable bonds is 17. The minimum Gasteiger partial charge on any atom is -0.491 e. The summed E-state index contributed by atoms with van der Waals surface area (Å²) < 4.78 is 25.1. The number of alkyl halides is 1. The second-order valence-electron chi connectivity index (χ2n) is 9.92. The van der Waals surface area contributed by atoms with Gasteiger partial charge in [0, 0.05) is 0 Å². The zero-order valence-electron chi connectivity index (χ0n) is 21.2. The number of hydrogen-bond acceptors (Lipinski definition) is 3. The molecule has 1 fully saturated rings. The van der Waals surface area contributed by atoms with Crippen LogP contribution in [-0.2, 0) is 4.79 Å². The summed E-state index contributed by atoms with van der Waals surface area (Å²) in [6.45, 7) is 4.49. The molecule has 2 rings (SSSR count). The lowest BCUT2D eigenvalue weighted by molar-refractivity contribution is -0.140. The summed E-state index contributed by atoms with van der Waals surface area (Å²) in [5.41, 5.74) is 0. The molecular formula is C29H47FO3. The van der Waals surface area contributed by atoms with Gasteiger partial charge in [-0.2, -0.15) is 0 Å². The van der Waals surface area contributed by atoms with E-state index in [-0.39, 0.29) is 18.5 Å². The smallest absolute Gasteiger partial charge is 0.314 e. The van der Waals surface area contributed by atoms with Crippen LogP contribution in [0.2, 0.25) is 0 Å². The average Bonchev–Trinajstić information content (AvgIpc) is 2.84. The van der Waals surface area contributed by atoms with Crippen LogP contribution >= 0.6 is 0 Å². The van der Waals surface area contributed by atoms with Gasteiger partial charge < -0.3 is 9.47 Å². The van der Waals surface area contributed by atoms with Gasteiger partial charge in [-0.3, -0.25) is 4.79 Å². The fourth-order valence-electron chi connectivity index (χ4n) is 4.77. The van der Waals surface area contributed by atoms with Gasteiger partial charge >= 0.3 is 5.97 Å². The molecule has 1 aliphatic carbocycles. The van der Waals surface area contributed by atoms with Gasteiger partial charge in [0.15, 0.2) is 0 Å². The lowest BCUT2D eigenvalue weighted by Gasteiger charge is -2.27. The lowest BCUT2D eigenvalue weighted by Crippen LogP contribution is -2.25. The van der Waals surface area contributed by atoms with E-state index in [9.17, 15) is 9.18 Å².